The summed E-state index contributed by atoms with van der Waals surface area (Å²) in [7, 11) is 0. The van der Waals surface area contributed by atoms with Gasteiger partial charge in [-0.05, 0) is 43.3 Å². The second kappa shape index (κ2) is 6.81. The Balaban J connectivity index is 2.00. The van der Waals surface area contributed by atoms with E-state index in [0.29, 0.717) is 41.7 Å². The second-order valence-corrected chi connectivity index (χ2v) is 5.51. The van der Waals surface area contributed by atoms with Crippen molar-refractivity contribution in [1.82, 2.24) is 4.98 Å². The van der Waals surface area contributed by atoms with E-state index in [1.807, 2.05) is 18.2 Å². The molecule has 1 aliphatic heterocycles. The number of benzene rings is 1. The van der Waals surface area contributed by atoms with Crippen molar-refractivity contribution >= 4 is 29.3 Å². The predicted octanol–water partition coefficient (Wildman–Crippen LogP) is 2.85. The normalized spacial score (nSPS) is 15.5. The summed E-state index contributed by atoms with van der Waals surface area (Å²) < 4.78 is 5.75. The maximum absolute atomic E-state index is 12.7. The van der Waals surface area contributed by atoms with Gasteiger partial charge in [0.25, 0.3) is 5.91 Å². The fraction of sp³-hybridized carbons (Fsp3) is 0.176. The number of fused-ring (bicyclic) bond motifs is 1. The third-order valence-corrected chi connectivity index (χ3v) is 3.68. The zero-order chi connectivity index (χ0) is 16.2. The lowest BCUT2D eigenvalue weighted by Gasteiger charge is -2.30. The fourth-order valence-electron chi connectivity index (χ4n) is 2.35. The lowest BCUT2D eigenvalue weighted by Crippen LogP contribution is -2.38. The topological polar surface area (TPSA) is 68.5 Å². The van der Waals surface area contributed by atoms with Crippen LogP contribution in [0.4, 0.5) is 5.69 Å². The molecule has 0 saturated heterocycles. The number of pyridine rings is 1. The number of nitrogens with two attached hydrogens (primary N) is 1. The van der Waals surface area contributed by atoms with Crippen LogP contribution in [-0.4, -0.2) is 24.0 Å². The van der Waals surface area contributed by atoms with Crippen molar-refractivity contribution in [3.63, 3.8) is 0 Å². The zero-order valence-corrected chi connectivity index (χ0v) is 13.2. The molecular weight excluding hydrogens is 314 g/mol. The van der Waals surface area contributed by atoms with Crippen molar-refractivity contribution in [3.8, 4) is 5.75 Å². The summed E-state index contributed by atoms with van der Waals surface area (Å²) in [6, 6.07) is 10.7. The molecule has 0 atom stereocenters. The highest BCUT2D eigenvalue weighted by molar-refractivity contribution is 6.31. The van der Waals surface area contributed by atoms with Crippen molar-refractivity contribution < 1.29 is 9.53 Å². The zero-order valence-electron chi connectivity index (χ0n) is 12.4. The first-order valence-corrected chi connectivity index (χ1v) is 7.69. The van der Waals surface area contributed by atoms with Gasteiger partial charge < -0.3 is 15.4 Å². The number of amides is 1. The van der Waals surface area contributed by atoms with Gasteiger partial charge in [-0.3, -0.25) is 9.78 Å². The first kappa shape index (κ1) is 15.5. The van der Waals surface area contributed by atoms with Crippen LogP contribution in [0.1, 0.15) is 12.1 Å². The predicted molar refractivity (Wildman–Crippen MR) is 90.3 cm³/mol. The lowest BCUT2D eigenvalue weighted by atomic mass is 10.2. The van der Waals surface area contributed by atoms with E-state index in [4.69, 9.17) is 22.1 Å². The molecule has 0 unspecified atom stereocenters. The lowest BCUT2D eigenvalue weighted by molar-refractivity contribution is -0.117. The van der Waals surface area contributed by atoms with Gasteiger partial charge >= 0.3 is 0 Å². The smallest absolute Gasteiger partial charge is 0.294 e. The number of hydrogen-bond acceptors (Lipinski definition) is 4. The Morgan fingerprint density at radius 1 is 1.30 bits per heavy atom. The molecular formula is C17H16ClN3O2. The highest BCUT2D eigenvalue weighted by Crippen LogP contribution is 2.37. The van der Waals surface area contributed by atoms with Gasteiger partial charge in [-0.2, -0.15) is 0 Å². The minimum absolute atomic E-state index is 0.223. The molecule has 5 nitrogen and oxygen atoms in total. The van der Waals surface area contributed by atoms with Crippen LogP contribution in [0.2, 0.25) is 5.02 Å². The van der Waals surface area contributed by atoms with Crippen LogP contribution in [0.25, 0.3) is 6.08 Å². The summed E-state index contributed by atoms with van der Waals surface area (Å²) >= 11 is 6.05. The summed E-state index contributed by atoms with van der Waals surface area (Å²) in [6.07, 6.45) is 3.99. The van der Waals surface area contributed by atoms with E-state index in [1.165, 1.54) is 0 Å². The van der Waals surface area contributed by atoms with E-state index >= 15 is 0 Å². The van der Waals surface area contributed by atoms with Crippen LogP contribution < -0.4 is 15.4 Å². The molecule has 1 aromatic carbocycles. The number of aromatic nitrogens is 1. The van der Waals surface area contributed by atoms with Crippen LogP contribution >= 0.6 is 11.6 Å². The van der Waals surface area contributed by atoms with Crippen LogP contribution in [0.5, 0.6) is 5.75 Å². The van der Waals surface area contributed by atoms with Crippen molar-refractivity contribution in [2.75, 3.05) is 18.0 Å². The molecule has 2 heterocycles. The number of halogens is 1. The molecule has 1 aromatic heterocycles. The van der Waals surface area contributed by atoms with E-state index in [1.54, 1.807) is 35.4 Å². The molecule has 0 saturated carbocycles. The molecule has 23 heavy (non-hydrogen) atoms. The van der Waals surface area contributed by atoms with Gasteiger partial charge in [-0.1, -0.05) is 17.7 Å². The van der Waals surface area contributed by atoms with Crippen LogP contribution in [0, 0.1) is 0 Å². The maximum Gasteiger partial charge on any atom is 0.294 e. The molecule has 0 spiro atoms. The number of carbonyl (C=O) groups excluding carboxylic acids is 1. The maximum atomic E-state index is 12.7. The number of carbonyl (C=O) groups is 1. The summed E-state index contributed by atoms with van der Waals surface area (Å²) in [5.74, 6) is 0.600. The monoisotopic (exact) mass is 329 g/mol. The van der Waals surface area contributed by atoms with Crippen molar-refractivity contribution in [2.24, 2.45) is 5.73 Å². The average molecular weight is 330 g/mol. The van der Waals surface area contributed by atoms with E-state index in [-0.39, 0.29) is 11.7 Å². The number of anilines is 1. The second-order valence-electron chi connectivity index (χ2n) is 5.08. The minimum Gasteiger partial charge on any atom is -0.449 e. The molecule has 118 valence electrons. The summed E-state index contributed by atoms with van der Waals surface area (Å²) in [5, 5.41) is 0.551. The number of nitrogens with zero attached hydrogens (tertiary/aromatic N) is 2. The summed E-state index contributed by atoms with van der Waals surface area (Å²) in [4.78, 5) is 18.6. The van der Waals surface area contributed by atoms with Crippen LogP contribution in [-0.2, 0) is 4.79 Å². The van der Waals surface area contributed by atoms with E-state index in [9.17, 15) is 4.79 Å². The van der Waals surface area contributed by atoms with Crippen LogP contribution in [0.3, 0.4) is 0 Å². The van der Waals surface area contributed by atoms with Crippen molar-refractivity contribution in [2.45, 2.75) is 6.42 Å². The third kappa shape index (κ3) is 3.36. The van der Waals surface area contributed by atoms with Crippen LogP contribution in [0.15, 0.2) is 48.4 Å². The van der Waals surface area contributed by atoms with Gasteiger partial charge in [0.2, 0.25) is 0 Å². The Morgan fingerprint density at radius 3 is 2.91 bits per heavy atom. The molecule has 2 aromatic rings. The minimum atomic E-state index is -0.223. The summed E-state index contributed by atoms with van der Waals surface area (Å²) in [6.45, 7) is 1.01. The Hall–Kier alpha value is -2.37. The standard InChI is InChI=1S/C17H16ClN3O2/c18-12-5-6-15-14(10-12)21(9-3-7-19)17(22)16(23-15)11-13-4-1-2-8-20-13/h1-2,4-6,8,10-11H,3,7,9,19H2/b16-11+. The molecule has 6 heteroatoms. The van der Waals surface area contributed by atoms with E-state index in [0.717, 1.165) is 0 Å². The molecule has 0 radical (unpaired) electrons. The SMILES string of the molecule is NCCCN1C(=O)/C(=C\c2ccccn2)Oc2ccc(Cl)cc21. The van der Waals surface area contributed by atoms with Gasteiger partial charge in [-0.25, -0.2) is 0 Å². The Kier molecular flexibility index (Phi) is 4.60. The summed E-state index contributed by atoms with van der Waals surface area (Å²) in [5.41, 5.74) is 6.90. The molecule has 0 aliphatic carbocycles. The van der Waals surface area contributed by atoms with E-state index in [2.05, 4.69) is 4.98 Å². The largest absolute Gasteiger partial charge is 0.449 e. The number of rotatable bonds is 4. The van der Waals surface area contributed by atoms with Gasteiger partial charge in [0, 0.05) is 23.8 Å². The fourth-order valence-corrected chi connectivity index (χ4v) is 2.52. The molecule has 0 bridgehead atoms. The molecule has 1 aliphatic rings. The van der Waals surface area contributed by atoms with Gasteiger partial charge in [0.1, 0.15) is 0 Å². The van der Waals surface area contributed by atoms with Crippen molar-refractivity contribution in [3.05, 3.63) is 59.1 Å². The Morgan fingerprint density at radius 2 is 2.17 bits per heavy atom. The van der Waals surface area contributed by atoms with E-state index < -0.39 is 0 Å². The van der Waals surface area contributed by atoms with Gasteiger partial charge in [-0.15, -0.1) is 0 Å². The van der Waals surface area contributed by atoms with Gasteiger partial charge in [0.15, 0.2) is 11.5 Å². The number of hydrogen-bond donors (Lipinski definition) is 1. The highest BCUT2D eigenvalue weighted by Gasteiger charge is 2.30. The van der Waals surface area contributed by atoms with Crippen molar-refractivity contribution in [1.29, 1.82) is 0 Å². The third-order valence-electron chi connectivity index (χ3n) is 3.44. The molecule has 1 amide bonds. The first-order chi connectivity index (χ1) is 11.2. The Labute approximate surface area is 139 Å². The number of ether oxygens (including phenoxy) is 1. The first-order valence-electron chi connectivity index (χ1n) is 7.31. The van der Waals surface area contributed by atoms with Gasteiger partial charge in [0.05, 0.1) is 11.4 Å². The highest BCUT2D eigenvalue weighted by atomic mass is 35.5. The Bertz CT molecular complexity index is 747. The quantitative estimate of drug-likeness (QED) is 0.876. The molecule has 3 rings (SSSR count). The average Bonchev–Trinajstić information content (AvgIpc) is 2.56. The molecule has 2 N–H and O–H groups in total. The molecule has 0 fully saturated rings.